The number of thiophene rings is 1. The molecule has 154 valence electrons. The number of amides is 1. The average Bonchev–Trinajstić information content (AvgIpc) is 3.14. The second kappa shape index (κ2) is 11.2. The average molecular weight is 508 g/mol. The van der Waals surface area contributed by atoms with Crippen LogP contribution in [-0.2, 0) is 16.1 Å². The third-order valence-corrected chi connectivity index (χ3v) is 6.45. The third kappa shape index (κ3) is 5.80. The van der Waals surface area contributed by atoms with Gasteiger partial charge in [0.25, 0.3) is 0 Å². The van der Waals surface area contributed by atoms with Crippen LogP contribution in [0.25, 0.3) is 0 Å². The molecular weight excluding hydrogens is 475 g/mol. The lowest BCUT2D eigenvalue weighted by molar-refractivity contribution is -0.127. The smallest absolute Gasteiger partial charge is 0.243 e. The van der Waals surface area contributed by atoms with Gasteiger partial charge in [-0.3, -0.25) is 4.79 Å². The van der Waals surface area contributed by atoms with Crippen molar-refractivity contribution in [2.75, 3.05) is 27.7 Å². The third-order valence-electron chi connectivity index (χ3n) is 5.58. The molecule has 0 spiro atoms. The first-order chi connectivity index (χ1) is 12.5. The van der Waals surface area contributed by atoms with Crippen LogP contribution in [0.5, 0.6) is 0 Å². The van der Waals surface area contributed by atoms with Gasteiger partial charge in [0.15, 0.2) is 5.96 Å². The fourth-order valence-electron chi connectivity index (χ4n) is 3.67. The van der Waals surface area contributed by atoms with E-state index in [9.17, 15) is 4.79 Å². The topological polar surface area (TPSA) is 66.0 Å². The molecule has 0 bridgehead atoms. The zero-order valence-electron chi connectivity index (χ0n) is 16.9. The molecule has 2 rings (SSSR count). The molecule has 1 aliphatic carbocycles. The molecule has 1 amide bonds. The highest BCUT2D eigenvalue weighted by Gasteiger charge is 2.53. The fourth-order valence-corrected chi connectivity index (χ4v) is 4.31. The van der Waals surface area contributed by atoms with Gasteiger partial charge in [-0.05, 0) is 30.7 Å². The maximum absolute atomic E-state index is 11.9. The van der Waals surface area contributed by atoms with Crippen LogP contribution in [0.1, 0.15) is 38.0 Å². The summed E-state index contributed by atoms with van der Waals surface area (Å²) in [7, 11) is 5.29. The second-order valence-corrected chi connectivity index (χ2v) is 8.02. The Morgan fingerprint density at radius 2 is 2.11 bits per heavy atom. The highest BCUT2D eigenvalue weighted by atomic mass is 127. The van der Waals surface area contributed by atoms with Gasteiger partial charge in [-0.2, -0.15) is 0 Å². The summed E-state index contributed by atoms with van der Waals surface area (Å²) in [6.07, 6.45) is 3.33. The Labute approximate surface area is 184 Å². The minimum Gasteiger partial charge on any atom is -0.381 e. The van der Waals surface area contributed by atoms with Crippen molar-refractivity contribution in [1.29, 1.82) is 0 Å². The first kappa shape index (κ1) is 24.2. The van der Waals surface area contributed by atoms with E-state index in [-0.39, 0.29) is 47.9 Å². The van der Waals surface area contributed by atoms with E-state index in [0.717, 1.165) is 19.3 Å². The summed E-state index contributed by atoms with van der Waals surface area (Å²) in [6, 6.07) is 4.43. The van der Waals surface area contributed by atoms with Gasteiger partial charge in [0.2, 0.25) is 5.91 Å². The molecule has 1 aliphatic rings. The molecule has 1 fully saturated rings. The predicted molar refractivity (Wildman–Crippen MR) is 123 cm³/mol. The molecule has 1 heterocycles. The molecular formula is C19H33IN4O2S. The van der Waals surface area contributed by atoms with E-state index in [2.05, 4.69) is 40.9 Å². The van der Waals surface area contributed by atoms with Crippen molar-refractivity contribution in [2.45, 2.75) is 51.8 Å². The van der Waals surface area contributed by atoms with E-state index in [0.29, 0.717) is 18.5 Å². The number of hydrogen-bond donors (Lipinski definition) is 2. The summed E-state index contributed by atoms with van der Waals surface area (Å²) in [5, 5.41) is 8.99. The van der Waals surface area contributed by atoms with Gasteiger partial charge < -0.3 is 20.3 Å². The van der Waals surface area contributed by atoms with Gasteiger partial charge >= 0.3 is 0 Å². The number of rotatable bonds is 8. The Bertz CT molecular complexity index is 603. The van der Waals surface area contributed by atoms with E-state index in [1.165, 1.54) is 4.88 Å². The van der Waals surface area contributed by atoms with Crippen LogP contribution in [0, 0.1) is 5.41 Å². The van der Waals surface area contributed by atoms with Crippen LogP contribution in [0.3, 0.4) is 0 Å². The molecule has 8 heteroatoms. The molecule has 1 aromatic rings. The monoisotopic (exact) mass is 508 g/mol. The lowest BCUT2D eigenvalue weighted by Crippen LogP contribution is -2.65. The minimum atomic E-state index is -0.0113. The summed E-state index contributed by atoms with van der Waals surface area (Å²) in [4.78, 5) is 19.2. The van der Waals surface area contributed by atoms with Crippen molar-refractivity contribution in [3.05, 3.63) is 22.4 Å². The van der Waals surface area contributed by atoms with Crippen LogP contribution in [0.15, 0.2) is 22.5 Å². The summed E-state index contributed by atoms with van der Waals surface area (Å²) >= 11 is 1.71. The van der Waals surface area contributed by atoms with Crippen LogP contribution in [0.4, 0.5) is 0 Å². The van der Waals surface area contributed by atoms with E-state index < -0.39 is 0 Å². The number of guanidine groups is 1. The first-order valence-electron chi connectivity index (χ1n) is 9.27. The molecule has 2 N–H and O–H groups in total. The van der Waals surface area contributed by atoms with E-state index >= 15 is 0 Å². The molecule has 0 aromatic carbocycles. The number of aliphatic imine (C=N–C) groups is 1. The lowest BCUT2D eigenvalue weighted by Gasteiger charge is -2.55. The van der Waals surface area contributed by atoms with Gasteiger partial charge in [-0.1, -0.05) is 19.9 Å². The Morgan fingerprint density at radius 3 is 2.63 bits per heavy atom. The Hall–Kier alpha value is -0.870. The maximum Gasteiger partial charge on any atom is 0.243 e. The van der Waals surface area contributed by atoms with E-state index in [1.807, 2.05) is 6.07 Å². The molecule has 2 unspecified atom stereocenters. The zero-order chi connectivity index (χ0) is 19.2. The Morgan fingerprint density at radius 1 is 1.41 bits per heavy atom. The van der Waals surface area contributed by atoms with Crippen molar-refractivity contribution in [3.8, 4) is 0 Å². The maximum atomic E-state index is 11.9. The first-order valence-corrected chi connectivity index (χ1v) is 10.1. The van der Waals surface area contributed by atoms with Crippen molar-refractivity contribution in [3.63, 3.8) is 0 Å². The van der Waals surface area contributed by atoms with E-state index in [4.69, 9.17) is 4.74 Å². The summed E-state index contributed by atoms with van der Waals surface area (Å²) in [5.41, 5.74) is 0.117. The minimum absolute atomic E-state index is 0. The van der Waals surface area contributed by atoms with Crippen LogP contribution >= 0.6 is 35.3 Å². The number of methoxy groups -OCH3 is 1. The molecule has 1 aromatic heterocycles. The Balaban J connectivity index is 0.00000364. The molecule has 1 saturated carbocycles. The van der Waals surface area contributed by atoms with Crippen molar-refractivity contribution < 1.29 is 9.53 Å². The number of carbonyl (C=O) groups is 1. The van der Waals surface area contributed by atoms with Crippen molar-refractivity contribution >= 4 is 47.2 Å². The number of nitrogens with zero attached hydrogens (tertiary/aromatic N) is 2. The SMILES string of the molecule is CCC1(CC)C(NC(=NCC(=O)N(C)C)NCc2cccs2)CC1OC.I. The predicted octanol–water partition coefficient (Wildman–Crippen LogP) is 3.08. The van der Waals surface area contributed by atoms with E-state index in [1.54, 1.807) is 37.4 Å². The number of nitrogens with one attached hydrogen (secondary N) is 2. The highest BCUT2D eigenvalue weighted by molar-refractivity contribution is 14.0. The molecule has 0 aliphatic heterocycles. The molecule has 6 nitrogen and oxygen atoms in total. The number of hydrogen-bond acceptors (Lipinski definition) is 4. The summed E-state index contributed by atoms with van der Waals surface area (Å²) in [5.74, 6) is 0.683. The van der Waals surface area contributed by atoms with Crippen LogP contribution in [-0.4, -0.2) is 56.7 Å². The Kier molecular flexibility index (Phi) is 10.0. The van der Waals surface area contributed by atoms with Crippen LogP contribution in [0.2, 0.25) is 0 Å². The van der Waals surface area contributed by atoms with Crippen molar-refractivity contribution in [1.82, 2.24) is 15.5 Å². The number of ether oxygens (including phenoxy) is 1. The second-order valence-electron chi connectivity index (χ2n) is 6.98. The normalized spacial score (nSPS) is 21.0. The summed E-state index contributed by atoms with van der Waals surface area (Å²) in [6.45, 7) is 5.27. The van der Waals surface area contributed by atoms with Gasteiger partial charge in [0, 0.05) is 37.5 Å². The number of likely N-dealkylation sites (N-methyl/N-ethyl adjacent to an activating group) is 1. The quantitative estimate of drug-likeness (QED) is 0.322. The number of carbonyl (C=O) groups excluding carboxylic acids is 1. The standard InChI is InChI=1S/C19H32N4O2S.HI/c1-6-19(7-2)15(11-16(19)25-5)22-18(21-13-17(24)23(3)4)20-12-14-9-8-10-26-14;/h8-10,15-16H,6-7,11-13H2,1-5H3,(H2,20,21,22);1H. The number of halogens is 1. The lowest BCUT2D eigenvalue weighted by atomic mass is 9.58. The molecule has 0 radical (unpaired) electrons. The molecule has 0 saturated heterocycles. The van der Waals surface area contributed by atoms with Gasteiger partial charge in [-0.15, -0.1) is 35.3 Å². The fraction of sp³-hybridized carbons (Fsp3) is 0.684. The van der Waals surface area contributed by atoms with Crippen LogP contribution < -0.4 is 10.6 Å². The highest BCUT2D eigenvalue weighted by Crippen LogP contribution is 2.48. The van der Waals surface area contributed by atoms with Gasteiger partial charge in [0.05, 0.1) is 12.6 Å². The van der Waals surface area contributed by atoms with Gasteiger partial charge in [-0.25, -0.2) is 4.99 Å². The zero-order valence-corrected chi connectivity index (χ0v) is 20.1. The molecule has 27 heavy (non-hydrogen) atoms. The van der Waals surface area contributed by atoms with Gasteiger partial charge in [0.1, 0.15) is 6.54 Å². The van der Waals surface area contributed by atoms with Crippen molar-refractivity contribution in [2.24, 2.45) is 10.4 Å². The molecule has 2 atom stereocenters. The largest absolute Gasteiger partial charge is 0.381 e. The summed E-state index contributed by atoms with van der Waals surface area (Å²) < 4.78 is 5.68.